The SMILES string of the molecule is CCCCC(N)c1cccc(C(F)(F)F)c1F. The predicted molar refractivity (Wildman–Crippen MR) is 57.9 cm³/mol. The minimum Gasteiger partial charge on any atom is -0.324 e. The van der Waals surface area contributed by atoms with Crippen LogP contribution in [0.15, 0.2) is 18.2 Å². The number of rotatable bonds is 4. The molecule has 0 radical (unpaired) electrons. The maximum absolute atomic E-state index is 13.6. The van der Waals surface area contributed by atoms with Gasteiger partial charge in [-0.1, -0.05) is 31.9 Å². The molecule has 0 amide bonds. The minimum atomic E-state index is -4.68. The number of benzene rings is 1. The molecule has 2 N–H and O–H groups in total. The standard InChI is InChI=1S/C12H15F4N/c1-2-3-7-10(17)8-5-4-6-9(11(8)13)12(14,15)16/h4-6,10H,2-3,7,17H2,1H3. The van der Waals surface area contributed by atoms with Crippen molar-refractivity contribution in [2.75, 3.05) is 0 Å². The van der Waals surface area contributed by atoms with Gasteiger partial charge in [0.2, 0.25) is 0 Å². The summed E-state index contributed by atoms with van der Waals surface area (Å²) in [5, 5.41) is 0. The Morgan fingerprint density at radius 1 is 1.29 bits per heavy atom. The second-order valence-corrected chi connectivity index (χ2v) is 3.96. The Morgan fingerprint density at radius 2 is 1.94 bits per heavy atom. The van der Waals surface area contributed by atoms with Crippen molar-refractivity contribution in [2.24, 2.45) is 5.73 Å². The molecule has 0 heterocycles. The normalized spacial score (nSPS) is 13.8. The van der Waals surface area contributed by atoms with E-state index in [1.165, 1.54) is 12.1 Å². The Balaban J connectivity index is 3.02. The fourth-order valence-electron chi connectivity index (χ4n) is 1.63. The van der Waals surface area contributed by atoms with Gasteiger partial charge in [-0.2, -0.15) is 13.2 Å². The van der Waals surface area contributed by atoms with Gasteiger partial charge in [-0.05, 0) is 12.5 Å². The van der Waals surface area contributed by atoms with Crippen LogP contribution in [0.25, 0.3) is 0 Å². The lowest BCUT2D eigenvalue weighted by atomic mass is 9.99. The highest BCUT2D eigenvalue weighted by Crippen LogP contribution is 2.34. The Morgan fingerprint density at radius 3 is 2.47 bits per heavy atom. The third-order valence-corrected chi connectivity index (χ3v) is 2.60. The molecular formula is C12H15F4N. The molecule has 1 rings (SSSR count). The number of hydrogen-bond donors (Lipinski definition) is 1. The van der Waals surface area contributed by atoms with Crippen LogP contribution in [0.3, 0.4) is 0 Å². The summed E-state index contributed by atoms with van der Waals surface area (Å²) in [5.41, 5.74) is 4.38. The average Bonchev–Trinajstić information content (AvgIpc) is 2.24. The largest absolute Gasteiger partial charge is 0.419 e. The van der Waals surface area contributed by atoms with Gasteiger partial charge in [0.05, 0.1) is 5.56 Å². The molecule has 0 aliphatic carbocycles. The molecule has 17 heavy (non-hydrogen) atoms. The molecule has 1 nitrogen and oxygen atoms in total. The molecule has 1 atom stereocenters. The topological polar surface area (TPSA) is 26.0 Å². The van der Waals surface area contributed by atoms with Gasteiger partial charge in [-0.15, -0.1) is 0 Å². The first-order chi connectivity index (χ1) is 7.88. The van der Waals surface area contributed by atoms with Crippen LogP contribution >= 0.6 is 0 Å². The summed E-state index contributed by atoms with van der Waals surface area (Å²) in [7, 11) is 0. The molecular weight excluding hydrogens is 234 g/mol. The lowest BCUT2D eigenvalue weighted by Gasteiger charge is -2.15. The first kappa shape index (κ1) is 14.0. The summed E-state index contributed by atoms with van der Waals surface area (Å²) in [6, 6.07) is 2.54. The third-order valence-electron chi connectivity index (χ3n) is 2.60. The highest BCUT2D eigenvalue weighted by atomic mass is 19.4. The van der Waals surface area contributed by atoms with Gasteiger partial charge in [0.25, 0.3) is 0 Å². The first-order valence-electron chi connectivity index (χ1n) is 5.49. The van der Waals surface area contributed by atoms with E-state index in [2.05, 4.69) is 0 Å². The second kappa shape index (κ2) is 5.49. The predicted octanol–water partition coefficient (Wildman–Crippen LogP) is 4.03. The smallest absolute Gasteiger partial charge is 0.324 e. The molecule has 0 saturated heterocycles. The van der Waals surface area contributed by atoms with Crippen LogP contribution in [-0.4, -0.2) is 0 Å². The zero-order valence-electron chi connectivity index (χ0n) is 9.52. The van der Waals surface area contributed by atoms with Crippen LogP contribution in [-0.2, 0) is 6.18 Å². The van der Waals surface area contributed by atoms with E-state index in [0.29, 0.717) is 6.42 Å². The van der Waals surface area contributed by atoms with E-state index in [9.17, 15) is 17.6 Å². The lowest BCUT2D eigenvalue weighted by molar-refractivity contribution is -0.140. The van der Waals surface area contributed by atoms with Crippen molar-refractivity contribution < 1.29 is 17.6 Å². The Hall–Kier alpha value is -1.10. The van der Waals surface area contributed by atoms with Crippen molar-refractivity contribution in [1.82, 2.24) is 0 Å². The summed E-state index contributed by atoms with van der Waals surface area (Å²) >= 11 is 0. The van der Waals surface area contributed by atoms with Gasteiger partial charge in [0, 0.05) is 11.6 Å². The van der Waals surface area contributed by atoms with Crippen molar-refractivity contribution >= 4 is 0 Å². The second-order valence-electron chi connectivity index (χ2n) is 3.96. The maximum atomic E-state index is 13.6. The molecule has 0 aromatic heterocycles. The summed E-state index contributed by atoms with van der Waals surface area (Å²) in [6.07, 6.45) is -2.57. The summed E-state index contributed by atoms with van der Waals surface area (Å²) in [5.74, 6) is -1.25. The molecule has 0 aliphatic heterocycles. The van der Waals surface area contributed by atoms with Crippen LogP contribution in [0, 0.1) is 5.82 Å². The van der Waals surface area contributed by atoms with Crippen LogP contribution < -0.4 is 5.73 Å². The molecule has 1 aromatic rings. The van der Waals surface area contributed by atoms with E-state index in [1.807, 2.05) is 6.92 Å². The first-order valence-corrected chi connectivity index (χ1v) is 5.49. The molecule has 0 aliphatic rings. The number of alkyl halides is 3. The minimum absolute atomic E-state index is 0.0618. The van der Waals surface area contributed by atoms with Gasteiger partial charge in [-0.25, -0.2) is 4.39 Å². The maximum Gasteiger partial charge on any atom is 0.419 e. The molecule has 0 fully saturated rings. The quantitative estimate of drug-likeness (QED) is 0.801. The molecule has 0 spiro atoms. The van der Waals surface area contributed by atoms with Crippen LogP contribution in [0.4, 0.5) is 17.6 Å². The Bertz CT molecular complexity index is 373. The summed E-state index contributed by atoms with van der Waals surface area (Å²) in [6.45, 7) is 1.94. The van der Waals surface area contributed by atoms with E-state index in [4.69, 9.17) is 5.73 Å². The van der Waals surface area contributed by atoms with Gasteiger partial charge in [0.1, 0.15) is 5.82 Å². The molecule has 1 unspecified atom stereocenters. The van der Waals surface area contributed by atoms with E-state index in [0.717, 1.165) is 18.9 Å². The molecule has 1 aromatic carbocycles. The van der Waals surface area contributed by atoms with Gasteiger partial charge >= 0.3 is 6.18 Å². The van der Waals surface area contributed by atoms with Crippen molar-refractivity contribution in [1.29, 1.82) is 0 Å². The zero-order valence-corrected chi connectivity index (χ0v) is 9.52. The van der Waals surface area contributed by atoms with Crippen LogP contribution in [0.1, 0.15) is 43.4 Å². The number of hydrogen-bond acceptors (Lipinski definition) is 1. The number of halogens is 4. The molecule has 96 valence electrons. The van der Waals surface area contributed by atoms with Crippen molar-refractivity contribution in [3.8, 4) is 0 Å². The van der Waals surface area contributed by atoms with Crippen LogP contribution in [0.2, 0.25) is 0 Å². The van der Waals surface area contributed by atoms with Gasteiger partial charge in [0.15, 0.2) is 0 Å². The fraction of sp³-hybridized carbons (Fsp3) is 0.500. The average molecular weight is 249 g/mol. The van der Waals surface area contributed by atoms with E-state index < -0.39 is 23.6 Å². The van der Waals surface area contributed by atoms with E-state index in [-0.39, 0.29) is 5.56 Å². The molecule has 0 bridgehead atoms. The Kier molecular flexibility index (Phi) is 4.51. The lowest BCUT2D eigenvalue weighted by Crippen LogP contribution is -2.16. The summed E-state index contributed by atoms with van der Waals surface area (Å²) in [4.78, 5) is 0. The molecule has 5 heteroatoms. The van der Waals surface area contributed by atoms with Crippen molar-refractivity contribution in [2.45, 2.75) is 38.4 Å². The number of nitrogens with two attached hydrogens (primary N) is 1. The molecule has 0 saturated carbocycles. The van der Waals surface area contributed by atoms with E-state index >= 15 is 0 Å². The monoisotopic (exact) mass is 249 g/mol. The fourth-order valence-corrected chi connectivity index (χ4v) is 1.63. The number of unbranched alkanes of at least 4 members (excludes halogenated alkanes) is 1. The van der Waals surface area contributed by atoms with Crippen molar-refractivity contribution in [3.63, 3.8) is 0 Å². The van der Waals surface area contributed by atoms with E-state index in [1.54, 1.807) is 0 Å². The van der Waals surface area contributed by atoms with Crippen molar-refractivity contribution in [3.05, 3.63) is 35.1 Å². The van der Waals surface area contributed by atoms with Crippen LogP contribution in [0.5, 0.6) is 0 Å². The highest BCUT2D eigenvalue weighted by molar-refractivity contribution is 5.30. The Labute approximate surface area is 97.6 Å². The van der Waals surface area contributed by atoms with Gasteiger partial charge in [-0.3, -0.25) is 0 Å². The zero-order chi connectivity index (χ0) is 13.1. The third kappa shape index (κ3) is 3.43. The van der Waals surface area contributed by atoms with Gasteiger partial charge < -0.3 is 5.73 Å². The highest BCUT2D eigenvalue weighted by Gasteiger charge is 2.35. The summed E-state index contributed by atoms with van der Waals surface area (Å²) < 4.78 is 51.0.